The largest absolute Gasteiger partial charge is 0.445 e. The molecule has 1 N–H and O–H groups in total. The fourth-order valence-corrected chi connectivity index (χ4v) is 3.18. The van der Waals surface area contributed by atoms with Crippen LogP contribution in [0, 0.1) is 0 Å². The Kier molecular flexibility index (Phi) is 7.12. The topological polar surface area (TPSA) is 49.8 Å². The first-order valence-corrected chi connectivity index (χ1v) is 8.92. The number of aliphatic hydroxyl groups excluding tert-OH is 1. The summed E-state index contributed by atoms with van der Waals surface area (Å²) in [5.41, 5.74) is 0.955. The van der Waals surface area contributed by atoms with Gasteiger partial charge < -0.3 is 9.84 Å². The summed E-state index contributed by atoms with van der Waals surface area (Å²) in [7, 11) is 0. The minimum atomic E-state index is -0.534. The molecule has 2 rings (SSSR count). The van der Waals surface area contributed by atoms with Crippen molar-refractivity contribution < 1.29 is 14.6 Å². The number of nitrogens with zero attached hydrogens (tertiary/aromatic N) is 1. The summed E-state index contributed by atoms with van der Waals surface area (Å²) >= 11 is 3.54. The summed E-state index contributed by atoms with van der Waals surface area (Å²) in [6, 6.07) is 9.29. The summed E-state index contributed by atoms with van der Waals surface area (Å²) in [6.45, 7) is 2.90. The maximum atomic E-state index is 12.3. The van der Waals surface area contributed by atoms with Crippen LogP contribution in [-0.4, -0.2) is 34.8 Å². The Morgan fingerprint density at radius 3 is 2.87 bits per heavy atom. The van der Waals surface area contributed by atoms with Crippen molar-refractivity contribution in [1.29, 1.82) is 0 Å². The lowest BCUT2D eigenvalue weighted by atomic mass is 10.1. The molecule has 1 fully saturated rings. The van der Waals surface area contributed by atoms with Crippen LogP contribution >= 0.6 is 15.9 Å². The zero-order chi connectivity index (χ0) is 16.7. The van der Waals surface area contributed by atoms with E-state index in [1.165, 1.54) is 0 Å². The van der Waals surface area contributed by atoms with Gasteiger partial charge in [-0.2, -0.15) is 0 Å². The molecule has 0 aromatic heterocycles. The van der Waals surface area contributed by atoms with Gasteiger partial charge in [-0.05, 0) is 35.4 Å². The molecule has 4 nitrogen and oxygen atoms in total. The molecule has 1 aliphatic heterocycles. The number of hydrogen-bond donors (Lipinski definition) is 1. The lowest BCUT2D eigenvalue weighted by molar-refractivity contribution is 0.0833. The predicted octanol–water partition coefficient (Wildman–Crippen LogP) is 4.23. The number of amides is 1. The van der Waals surface area contributed by atoms with Crippen LogP contribution in [0.5, 0.6) is 0 Å². The number of allylic oxidation sites excluding steroid dienone is 1. The molecular weight excluding hydrogens is 358 g/mol. The Morgan fingerprint density at radius 1 is 1.43 bits per heavy atom. The Hall–Kier alpha value is -1.33. The summed E-state index contributed by atoms with van der Waals surface area (Å²) in [5.74, 6) is 0. The number of benzene rings is 1. The highest BCUT2D eigenvalue weighted by Gasteiger charge is 2.35. The lowest BCUT2D eigenvalue weighted by Gasteiger charge is -2.23. The Bertz CT molecular complexity index is 532. The van der Waals surface area contributed by atoms with Crippen molar-refractivity contribution in [1.82, 2.24) is 4.90 Å². The highest BCUT2D eigenvalue weighted by atomic mass is 79.9. The van der Waals surface area contributed by atoms with Gasteiger partial charge in [0, 0.05) is 6.54 Å². The second-order valence-electron chi connectivity index (χ2n) is 5.80. The first kappa shape index (κ1) is 18.0. The maximum absolute atomic E-state index is 12.3. The van der Waals surface area contributed by atoms with Crippen molar-refractivity contribution in [2.45, 2.75) is 51.4 Å². The molecule has 23 heavy (non-hydrogen) atoms. The molecule has 5 heteroatoms. The van der Waals surface area contributed by atoms with Gasteiger partial charge in [0.25, 0.3) is 0 Å². The van der Waals surface area contributed by atoms with Crippen LogP contribution in [-0.2, 0) is 11.3 Å². The van der Waals surface area contributed by atoms with E-state index < -0.39 is 6.10 Å². The van der Waals surface area contributed by atoms with Crippen molar-refractivity contribution in [3.63, 3.8) is 0 Å². The number of hydrogen-bond acceptors (Lipinski definition) is 3. The number of carbonyl (C=O) groups is 1. The first-order chi connectivity index (χ1) is 11.1. The number of ether oxygens (including phenoxy) is 1. The standard InChI is InChI=1S/C18H24BrNO3/c1-2-3-9-15(19)12-16-17(21)10-11-20(16)18(22)23-13-14-7-5-4-6-8-14/h4-8,12,16-17,21H,2-3,9-11,13H2,1H3/b15-12-/t16-,17-/m1/s1. The van der Waals surface area contributed by atoms with Gasteiger partial charge in [0.15, 0.2) is 0 Å². The normalized spacial score (nSPS) is 21.5. The molecule has 0 aliphatic carbocycles. The molecular formula is C18H24BrNO3. The SMILES string of the molecule is CCCC/C(Br)=C/[C@@H]1[C@H](O)CCN1C(=O)OCc1ccccc1. The smallest absolute Gasteiger partial charge is 0.410 e. The van der Waals surface area contributed by atoms with E-state index in [0.29, 0.717) is 13.0 Å². The zero-order valence-corrected chi connectivity index (χ0v) is 15.0. The molecule has 0 unspecified atom stereocenters. The van der Waals surface area contributed by atoms with Crippen molar-refractivity contribution in [2.75, 3.05) is 6.54 Å². The molecule has 0 bridgehead atoms. The molecule has 1 amide bonds. The number of aliphatic hydroxyl groups is 1. The van der Waals surface area contributed by atoms with Gasteiger partial charge in [-0.3, -0.25) is 4.90 Å². The molecule has 2 atom stereocenters. The second-order valence-corrected chi connectivity index (χ2v) is 6.82. The average Bonchev–Trinajstić information content (AvgIpc) is 2.92. The molecule has 1 aromatic rings. The van der Waals surface area contributed by atoms with E-state index in [9.17, 15) is 9.90 Å². The summed E-state index contributed by atoms with van der Waals surface area (Å²) in [5, 5.41) is 10.2. The minimum absolute atomic E-state index is 0.250. The third kappa shape index (κ3) is 5.36. The summed E-state index contributed by atoms with van der Waals surface area (Å²) < 4.78 is 6.42. The van der Waals surface area contributed by atoms with Crippen LogP contribution < -0.4 is 0 Å². The third-order valence-corrected chi connectivity index (χ3v) is 4.64. The molecule has 0 spiro atoms. The summed E-state index contributed by atoms with van der Waals surface area (Å²) in [4.78, 5) is 13.9. The highest BCUT2D eigenvalue weighted by Crippen LogP contribution is 2.25. The monoisotopic (exact) mass is 381 g/mol. The molecule has 1 aromatic carbocycles. The molecule has 0 radical (unpaired) electrons. The van der Waals surface area contributed by atoms with Gasteiger partial charge in [0.05, 0.1) is 12.1 Å². The van der Waals surface area contributed by atoms with Gasteiger partial charge in [-0.25, -0.2) is 4.79 Å². The molecule has 126 valence electrons. The van der Waals surface area contributed by atoms with Gasteiger partial charge >= 0.3 is 6.09 Å². The number of carbonyl (C=O) groups excluding carboxylic acids is 1. The van der Waals surface area contributed by atoms with E-state index in [0.717, 1.165) is 29.3 Å². The first-order valence-electron chi connectivity index (χ1n) is 8.13. The van der Waals surface area contributed by atoms with Crippen molar-refractivity contribution in [3.8, 4) is 0 Å². The van der Waals surface area contributed by atoms with Gasteiger partial charge in [-0.1, -0.05) is 59.6 Å². The van der Waals surface area contributed by atoms with E-state index in [1.807, 2.05) is 36.4 Å². The van der Waals surface area contributed by atoms with Crippen molar-refractivity contribution in [3.05, 3.63) is 46.5 Å². The van der Waals surface area contributed by atoms with Crippen LogP contribution in [0.4, 0.5) is 4.79 Å². The number of rotatable bonds is 6. The van der Waals surface area contributed by atoms with E-state index >= 15 is 0 Å². The highest BCUT2D eigenvalue weighted by molar-refractivity contribution is 9.11. The second kappa shape index (κ2) is 9.08. The van der Waals surface area contributed by atoms with Crippen LogP contribution in [0.15, 0.2) is 40.9 Å². The van der Waals surface area contributed by atoms with Crippen LogP contribution in [0.25, 0.3) is 0 Å². The number of likely N-dealkylation sites (tertiary alicyclic amines) is 1. The van der Waals surface area contributed by atoms with E-state index in [1.54, 1.807) is 4.90 Å². The van der Waals surface area contributed by atoms with E-state index in [2.05, 4.69) is 22.9 Å². The molecule has 1 aliphatic rings. The van der Waals surface area contributed by atoms with Crippen LogP contribution in [0.2, 0.25) is 0 Å². The zero-order valence-electron chi connectivity index (χ0n) is 13.5. The quantitative estimate of drug-likeness (QED) is 0.801. The van der Waals surface area contributed by atoms with Crippen LogP contribution in [0.3, 0.4) is 0 Å². The predicted molar refractivity (Wildman–Crippen MR) is 94.3 cm³/mol. The fraction of sp³-hybridized carbons (Fsp3) is 0.500. The van der Waals surface area contributed by atoms with Gasteiger partial charge in [0.1, 0.15) is 6.61 Å². The van der Waals surface area contributed by atoms with Crippen molar-refractivity contribution in [2.24, 2.45) is 0 Å². The third-order valence-electron chi connectivity index (χ3n) is 3.98. The van der Waals surface area contributed by atoms with Gasteiger partial charge in [0.2, 0.25) is 0 Å². The maximum Gasteiger partial charge on any atom is 0.410 e. The summed E-state index contributed by atoms with van der Waals surface area (Å²) in [6.07, 6.45) is 4.73. The molecule has 1 saturated heterocycles. The molecule has 0 saturated carbocycles. The van der Waals surface area contributed by atoms with E-state index in [-0.39, 0.29) is 18.7 Å². The van der Waals surface area contributed by atoms with Gasteiger partial charge in [-0.15, -0.1) is 0 Å². The fourth-order valence-electron chi connectivity index (χ4n) is 2.63. The van der Waals surface area contributed by atoms with Crippen LogP contribution in [0.1, 0.15) is 38.2 Å². The van der Waals surface area contributed by atoms with E-state index in [4.69, 9.17) is 4.74 Å². The minimum Gasteiger partial charge on any atom is -0.445 e. The average molecular weight is 382 g/mol. The van der Waals surface area contributed by atoms with Crippen molar-refractivity contribution >= 4 is 22.0 Å². The Morgan fingerprint density at radius 2 is 2.17 bits per heavy atom. The number of halogens is 1. The molecule has 1 heterocycles. The number of unbranched alkanes of at least 4 members (excludes halogenated alkanes) is 1. The Labute approximate surface area is 146 Å². The Balaban J connectivity index is 1.95. The lowest BCUT2D eigenvalue weighted by Crippen LogP contribution is -2.38.